The summed E-state index contributed by atoms with van der Waals surface area (Å²) in [5, 5.41) is 4.04. The van der Waals surface area contributed by atoms with E-state index < -0.39 is 0 Å². The van der Waals surface area contributed by atoms with Crippen LogP contribution in [-0.4, -0.2) is 24.7 Å². The maximum atomic E-state index is 12.3. The Labute approximate surface area is 154 Å². The van der Waals surface area contributed by atoms with Crippen molar-refractivity contribution in [2.45, 2.75) is 13.1 Å². The zero-order valence-electron chi connectivity index (χ0n) is 14.1. The number of hydrogen-bond donors (Lipinski definition) is 1. The van der Waals surface area contributed by atoms with Gasteiger partial charge in [-0.05, 0) is 41.3 Å². The second-order valence-electron chi connectivity index (χ2n) is 5.61. The van der Waals surface area contributed by atoms with E-state index in [2.05, 4.69) is 21.2 Å². The predicted octanol–water partition coefficient (Wildman–Crippen LogP) is 3.74. The van der Waals surface area contributed by atoms with Crippen molar-refractivity contribution in [2.75, 3.05) is 14.2 Å². The van der Waals surface area contributed by atoms with Crippen LogP contribution in [0.25, 0.3) is 10.9 Å². The van der Waals surface area contributed by atoms with Crippen LogP contribution in [-0.2, 0) is 17.9 Å². The Morgan fingerprint density at radius 2 is 1.88 bits per heavy atom. The van der Waals surface area contributed by atoms with Gasteiger partial charge in [-0.15, -0.1) is 0 Å². The minimum absolute atomic E-state index is 0.0488. The van der Waals surface area contributed by atoms with Crippen LogP contribution in [0.3, 0.4) is 0 Å². The first-order chi connectivity index (χ1) is 12.1. The van der Waals surface area contributed by atoms with Crippen LogP contribution in [0.1, 0.15) is 5.56 Å². The third-order valence-electron chi connectivity index (χ3n) is 3.99. The number of aromatic nitrogens is 1. The number of fused-ring (bicyclic) bond motifs is 1. The van der Waals surface area contributed by atoms with E-state index in [9.17, 15) is 4.79 Å². The van der Waals surface area contributed by atoms with E-state index in [1.807, 2.05) is 53.2 Å². The third-order valence-corrected chi connectivity index (χ3v) is 4.48. The molecule has 2 aromatic carbocycles. The van der Waals surface area contributed by atoms with Crippen LogP contribution in [0.15, 0.2) is 53.1 Å². The number of ether oxygens (including phenoxy) is 2. The quantitative estimate of drug-likeness (QED) is 0.683. The first-order valence-electron chi connectivity index (χ1n) is 7.82. The summed E-state index contributed by atoms with van der Waals surface area (Å²) in [4.78, 5) is 12.3. The largest absolute Gasteiger partial charge is 0.493 e. The van der Waals surface area contributed by atoms with Gasteiger partial charge in [0.05, 0.1) is 14.2 Å². The molecule has 0 saturated heterocycles. The molecule has 0 saturated carbocycles. The average molecular weight is 403 g/mol. The van der Waals surface area contributed by atoms with Gasteiger partial charge < -0.3 is 19.4 Å². The molecule has 0 aliphatic heterocycles. The molecule has 6 heteroatoms. The SMILES string of the molecule is COc1ccc(CNC(=O)Cn2ccc3ccc(Br)cc32)cc1OC. The molecule has 0 bridgehead atoms. The van der Waals surface area contributed by atoms with Gasteiger partial charge in [-0.2, -0.15) is 0 Å². The van der Waals surface area contributed by atoms with Crippen molar-refractivity contribution in [3.8, 4) is 11.5 Å². The number of benzene rings is 2. The molecule has 0 spiro atoms. The Bertz CT molecular complexity index is 905. The summed E-state index contributed by atoms with van der Waals surface area (Å²) >= 11 is 3.47. The summed E-state index contributed by atoms with van der Waals surface area (Å²) in [6.45, 7) is 0.704. The number of nitrogens with zero attached hydrogens (tertiary/aromatic N) is 1. The number of amides is 1. The monoisotopic (exact) mass is 402 g/mol. The molecule has 3 rings (SSSR count). The maximum absolute atomic E-state index is 12.3. The van der Waals surface area contributed by atoms with Crippen LogP contribution in [0.2, 0.25) is 0 Å². The van der Waals surface area contributed by atoms with Crippen LogP contribution in [0.5, 0.6) is 11.5 Å². The Morgan fingerprint density at radius 3 is 2.64 bits per heavy atom. The fraction of sp³-hybridized carbons (Fsp3) is 0.211. The lowest BCUT2D eigenvalue weighted by molar-refractivity contribution is -0.121. The summed E-state index contributed by atoms with van der Waals surface area (Å²) in [6.07, 6.45) is 1.92. The van der Waals surface area contributed by atoms with Gasteiger partial charge in [0, 0.05) is 22.7 Å². The summed E-state index contributed by atoms with van der Waals surface area (Å²) in [5.74, 6) is 1.27. The van der Waals surface area contributed by atoms with E-state index in [0.717, 1.165) is 20.9 Å². The molecule has 0 aliphatic carbocycles. The van der Waals surface area contributed by atoms with E-state index in [-0.39, 0.29) is 12.5 Å². The Hall–Kier alpha value is -2.47. The topological polar surface area (TPSA) is 52.5 Å². The molecule has 0 atom stereocenters. The predicted molar refractivity (Wildman–Crippen MR) is 101 cm³/mol. The van der Waals surface area contributed by atoms with Gasteiger partial charge in [0.15, 0.2) is 11.5 Å². The van der Waals surface area contributed by atoms with Crippen LogP contribution in [0, 0.1) is 0 Å². The Balaban J connectivity index is 1.65. The summed E-state index contributed by atoms with van der Waals surface area (Å²) in [5.41, 5.74) is 1.97. The normalized spacial score (nSPS) is 10.7. The van der Waals surface area contributed by atoms with E-state index in [1.54, 1.807) is 14.2 Å². The minimum Gasteiger partial charge on any atom is -0.493 e. The lowest BCUT2D eigenvalue weighted by atomic mass is 10.2. The fourth-order valence-electron chi connectivity index (χ4n) is 2.70. The van der Waals surface area contributed by atoms with Crippen molar-refractivity contribution in [2.24, 2.45) is 0 Å². The molecule has 25 heavy (non-hydrogen) atoms. The van der Waals surface area contributed by atoms with Crippen molar-refractivity contribution >= 4 is 32.7 Å². The number of carbonyl (C=O) groups excluding carboxylic acids is 1. The zero-order valence-corrected chi connectivity index (χ0v) is 15.7. The zero-order chi connectivity index (χ0) is 17.8. The second-order valence-corrected chi connectivity index (χ2v) is 6.53. The van der Waals surface area contributed by atoms with Gasteiger partial charge >= 0.3 is 0 Å². The van der Waals surface area contributed by atoms with Gasteiger partial charge in [0.1, 0.15) is 6.54 Å². The van der Waals surface area contributed by atoms with E-state index >= 15 is 0 Å². The minimum atomic E-state index is -0.0488. The lowest BCUT2D eigenvalue weighted by Crippen LogP contribution is -2.26. The van der Waals surface area contributed by atoms with E-state index in [1.165, 1.54) is 0 Å². The van der Waals surface area contributed by atoms with E-state index in [0.29, 0.717) is 18.0 Å². The summed E-state index contributed by atoms with van der Waals surface area (Å²) in [6, 6.07) is 13.6. The molecule has 1 N–H and O–H groups in total. The number of hydrogen-bond acceptors (Lipinski definition) is 3. The molecule has 0 fully saturated rings. The molecular formula is C19H19BrN2O3. The highest BCUT2D eigenvalue weighted by atomic mass is 79.9. The standard InChI is InChI=1S/C19H19BrN2O3/c1-24-17-6-3-13(9-18(17)25-2)11-21-19(23)12-22-8-7-14-4-5-15(20)10-16(14)22/h3-10H,11-12H2,1-2H3,(H,21,23). The molecule has 0 unspecified atom stereocenters. The number of nitrogens with one attached hydrogen (secondary N) is 1. The Morgan fingerprint density at radius 1 is 1.08 bits per heavy atom. The average Bonchev–Trinajstić information content (AvgIpc) is 3.01. The van der Waals surface area contributed by atoms with Crippen molar-refractivity contribution in [3.63, 3.8) is 0 Å². The van der Waals surface area contributed by atoms with Crippen LogP contribution >= 0.6 is 15.9 Å². The molecule has 3 aromatic rings. The number of halogens is 1. The highest BCUT2D eigenvalue weighted by Crippen LogP contribution is 2.27. The first kappa shape index (κ1) is 17.4. The summed E-state index contributed by atoms with van der Waals surface area (Å²) < 4.78 is 13.4. The molecular weight excluding hydrogens is 384 g/mol. The molecule has 0 aliphatic rings. The molecule has 5 nitrogen and oxygen atoms in total. The highest BCUT2D eigenvalue weighted by molar-refractivity contribution is 9.10. The molecule has 130 valence electrons. The van der Waals surface area contributed by atoms with Gasteiger partial charge in [-0.3, -0.25) is 4.79 Å². The maximum Gasteiger partial charge on any atom is 0.240 e. The van der Waals surface area contributed by atoms with Gasteiger partial charge in [-0.25, -0.2) is 0 Å². The van der Waals surface area contributed by atoms with E-state index in [4.69, 9.17) is 9.47 Å². The fourth-order valence-corrected chi connectivity index (χ4v) is 3.05. The number of rotatable bonds is 6. The molecule has 1 amide bonds. The Kier molecular flexibility index (Phi) is 5.28. The smallest absolute Gasteiger partial charge is 0.240 e. The van der Waals surface area contributed by atoms with Gasteiger partial charge in [0.25, 0.3) is 0 Å². The third kappa shape index (κ3) is 3.96. The van der Waals surface area contributed by atoms with Crippen LogP contribution < -0.4 is 14.8 Å². The van der Waals surface area contributed by atoms with Gasteiger partial charge in [-0.1, -0.05) is 28.1 Å². The number of methoxy groups -OCH3 is 2. The molecule has 1 aromatic heterocycles. The highest BCUT2D eigenvalue weighted by Gasteiger charge is 2.08. The van der Waals surface area contributed by atoms with Gasteiger partial charge in [0.2, 0.25) is 5.91 Å². The van der Waals surface area contributed by atoms with Crippen molar-refractivity contribution in [1.82, 2.24) is 9.88 Å². The first-order valence-corrected chi connectivity index (χ1v) is 8.62. The van der Waals surface area contributed by atoms with Crippen molar-refractivity contribution in [3.05, 3.63) is 58.7 Å². The molecule has 1 heterocycles. The second kappa shape index (κ2) is 7.61. The molecule has 0 radical (unpaired) electrons. The van der Waals surface area contributed by atoms with Crippen molar-refractivity contribution < 1.29 is 14.3 Å². The lowest BCUT2D eigenvalue weighted by Gasteiger charge is -2.11. The van der Waals surface area contributed by atoms with Crippen LogP contribution in [0.4, 0.5) is 0 Å². The van der Waals surface area contributed by atoms with Crippen molar-refractivity contribution in [1.29, 1.82) is 0 Å². The summed E-state index contributed by atoms with van der Waals surface area (Å²) in [7, 11) is 3.19. The number of carbonyl (C=O) groups is 1.